The van der Waals surface area contributed by atoms with Gasteiger partial charge in [-0.1, -0.05) is 0 Å². The lowest BCUT2D eigenvalue weighted by Gasteiger charge is -2.08. The zero-order valence-electron chi connectivity index (χ0n) is 16.9. The third-order valence-corrected chi connectivity index (χ3v) is 4.91. The molecule has 0 spiro atoms. The summed E-state index contributed by atoms with van der Waals surface area (Å²) in [4.78, 5) is 40.4. The van der Waals surface area contributed by atoms with Crippen LogP contribution in [0.25, 0.3) is 0 Å². The number of carbonyl (C=O) groups excluding carboxylic acids is 3. The molecule has 0 aliphatic rings. The number of methoxy groups -OCH3 is 1. The van der Waals surface area contributed by atoms with Crippen LogP contribution in [0.1, 0.15) is 31.4 Å². The summed E-state index contributed by atoms with van der Waals surface area (Å²) < 4.78 is 15.6. The van der Waals surface area contributed by atoms with E-state index in [2.05, 4.69) is 10.3 Å². The summed E-state index contributed by atoms with van der Waals surface area (Å²) in [5, 5.41) is 5.05. The highest BCUT2D eigenvalue weighted by atomic mass is 32.1. The van der Waals surface area contributed by atoms with Crippen molar-refractivity contribution < 1.29 is 28.6 Å². The SMILES string of the molecule is COc1ccc(C(=O)NC(=O)COC(=O)c2ccc(OCc3csc(C)n3)cc2)cc1. The molecule has 0 aliphatic heterocycles. The minimum atomic E-state index is -0.729. The van der Waals surface area contributed by atoms with Gasteiger partial charge < -0.3 is 14.2 Å². The molecule has 0 radical (unpaired) electrons. The molecule has 0 saturated heterocycles. The van der Waals surface area contributed by atoms with Gasteiger partial charge in [0.25, 0.3) is 11.8 Å². The van der Waals surface area contributed by atoms with E-state index in [1.807, 2.05) is 12.3 Å². The van der Waals surface area contributed by atoms with E-state index in [0.29, 0.717) is 18.1 Å². The predicted octanol–water partition coefficient (Wildman–Crippen LogP) is 3.15. The van der Waals surface area contributed by atoms with Crippen LogP contribution < -0.4 is 14.8 Å². The maximum absolute atomic E-state index is 12.1. The second kappa shape index (κ2) is 10.4. The Bertz CT molecular complexity index is 1060. The number of esters is 1. The van der Waals surface area contributed by atoms with Crippen molar-refractivity contribution in [1.29, 1.82) is 0 Å². The Morgan fingerprint density at radius 1 is 0.968 bits per heavy atom. The van der Waals surface area contributed by atoms with E-state index in [1.54, 1.807) is 35.6 Å². The molecule has 0 bridgehead atoms. The highest BCUT2D eigenvalue weighted by Gasteiger charge is 2.14. The van der Waals surface area contributed by atoms with Gasteiger partial charge in [-0.15, -0.1) is 11.3 Å². The predicted molar refractivity (Wildman–Crippen MR) is 113 cm³/mol. The van der Waals surface area contributed by atoms with E-state index in [1.165, 1.54) is 31.4 Å². The molecule has 2 amide bonds. The van der Waals surface area contributed by atoms with Crippen molar-refractivity contribution in [2.45, 2.75) is 13.5 Å². The average Bonchev–Trinajstić information content (AvgIpc) is 3.21. The summed E-state index contributed by atoms with van der Waals surface area (Å²) in [6.07, 6.45) is 0. The lowest BCUT2D eigenvalue weighted by atomic mass is 10.2. The van der Waals surface area contributed by atoms with Gasteiger partial charge >= 0.3 is 5.97 Å². The van der Waals surface area contributed by atoms with E-state index >= 15 is 0 Å². The van der Waals surface area contributed by atoms with Crippen LogP contribution in [0.3, 0.4) is 0 Å². The van der Waals surface area contributed by atoms with Crippen LogP contribution in [-0.2, 0) is 16.1 Å². The van der Waals surface area contributed by atoms with E-state index in [9.17, 15) is 14.4 Å². The van der Waals surface area contributed by atoms with Crippen molar-refractivity contribution >= 4 is 29.1 Å². The Labute approximate surface area is 182 Å². The molecular formula is C22H20N2O6S. The molecule has 160 valence electrons. The molecule has 0 fully saturated rings. The normalized spacial score (nSPS) is 10.3. The van der Waals surface area contributed by atoms with Crippen molar-refractivity contribution in [3.63, 3.8) is 0 Å². The largest absolute Gasteiger partial charge is 0.497 e. The maximum Gasteiger partial charge on any atom is 0.338 e. The first-order chi connectivity index (χ1) is 14.9. The summed E-state index contributed by atoms with van der Waals surface area (Å²) in [7, 11) is 1.51. The second-order valence-electron chi connectivity index (χ2n) is 6.35. The Morgan fingerprint density at radius 3 is 2.23 bits per heavy atom. The number of hydrogen-bond acceptors (Lipinski definition) is 8. The Kier molecular flexibility index (Phi) is 7.34. The number of imide groups is 1. The molecule has 3 aromatic rings. The van der Waals surface area contributed by atoms with Crippen molar-refractivity contribution in [3.05, 3.63) is 75.7 Å². The number of nitrogens with zero attached hydrogens (tertiary/aromatic N) is 1. The number of nitrogens with one attached hydrogen (secondary N) is 1. The number of ether oxygens (including phenoxy) is 3. The van der Waals surface area contributed by atoms with Gasteiger partial charge in [0.05, 0.1) is 23.4 Å². The number of hydrogen-bond donors (Lipinski definition) is 1. The van der Waals surface area contributed by atoms with Gasteiger partial charge in [-0.25, -0.2) is 9.78 Å². The number of rotatable bonds is 8. The minimum Gasteiger partial charge on any atom is -0.497 e. The third-order valence-electron chi connectivity index (χ3n) is 4.08. The Morgan fingerprint density at radius 2 is 1.61 bits per heavy atom. The first-order valence-electron chi connectivity index (χ1n) is 9.24. The van der Waals surface area contributed by atoms with E-state index < -0.39 is 24.4 Å². The van der Waals surface area contributed by atoms with Crippen LogP contribution in [-0.4, -0.2) is 36.5 Å². The fourth-order valence-electron chi connectivity index (χ4n) is 2.51. The smallest absolute Gasteiger partial charge is 0.338 e. The van der Waals surface area contributed by atoms with Gasteiger partial charge in [0.2, 0.25) is 0 Å². The van der Waals surface area contributed by atoms with Crippen LogP contribution >= 0.6 is 11.3 Å². The third kappa shape index (κ3) is 6.38. The molecule has 31 heavy (non-hydrogen) atoms. The van der Waals surface area contributed by atoms with Gasteiger partial charge in [-0.2, -0.15) is 0 Å². The monoisotopic (exact) mass is 440 g/mol. The van der Waals surface area contributed by atoms with Crippen LogP contribution in [0.15, 0.2) is 53.9 Å². The van der Waals surface area contributed by atoms with Gasteiger partial charge in [0.1, 0.15) is 18.1 Å². The summed E-state index contributed by atoms with van der Waals surface area (Å²) >= 11 is 1.55. The summed E-state index contributed by atoms with van der Waals surface area (Å²) in [6.45, 7) is 1.67. The zero-order valence-corrected chi connectivity index (χ0v) is 17.7. The van der Waals surface area contributed by atoms with E-state index in [4.69, 9.17) is 14.2 Å². The van der Waals surface area contributed by atoms with Gasteiger partial charge in [-0.05, 0) is 55.5 Å². The first kappa shape index (κ1) is 22.0. The van der Waals surface area contributed by atoms with Crippen LogP contribution in [0.2, 0.25) is 0 Å². The van der Waals surface area contributed by atoms with Gasteiger partial charge in [0.15, 0.2) is 6.61 Å². The molecule has 1 heterocycles. The molecule has 0 aliphatic carbocycles. The average molecular weight is 440 g/mol. The minimum absolute atomic E-state index is 0.256. The maximum atomic E-state index is 12.1. The summed E-state index contributed by atoms with van der Waals surface area (Å²) in [5.41, 5.74) is 1.37. The molecule has 0 unspecified atom stereocenters. The molecule has 0 saturated carbocycles. The highest BCUT2D eigenvalue weighted by molar-refractivity contribution is 7.09. The van der Waals surface area contributed by atoms with Gasteiger partial charge in [0, 0.05) is 10.9 Å². The molecule has 3 rings (SSSR count). The molecule has 2 aromatic carbocycles. The van der Waals surface area contributed by atoms with Crippen LogP contribution in [0.4, 0.5) is 0 Å². The molecule has 8 nitrogen and oxygen atoms in total. The second-order valence-corrected chi connectivity index (χ2v) is 7.42. The number of thiazole rings is 1. The van der Waals surface area contributed by atoms with E-state index in [0.717, 1.165) is 10.7 Å². The molecule has 1 N–H and O–H groups in total. The molecular weight excluding hydrogens is 420 g/mol. The highest BCUT2D eigenvalue weighted by Crippen LogP contribution is 2.16. The van der Waals surface area contributed by atoms with Gasteiger partial charge in [-0.3, -0.25) is 14.9 Å². The summed E-state index contributed by atoms with van der Waals surface area (Å²) in [5.74, 6) is -0.849. The quantitative estimate of drug-likeness (QED) is 0.537. The number of aromatic nitrogens is 1. The summed E-state index contributed by atoms with van der Waals surface area (Å²) in [6, 6.07) is 12.6. The molecule has 9 heteroatoms. The molecule has 1 aromatic heterocycles. The lowest BCUT2D eigenvalue weighted by Crippen LogP contribution is -2.34. The lowest BCUT2D eigenvalue weighted by molar-refractivity contribution is -0.123. The fourth-order valence-corrected chi connectivity index (χ4v) is 3.11. The van der Waals surface area contributed by atoms with E-state index in [-0.39, 0.29) is 11.1 Å². The number of carbonyl (C=O) groups is 3. The number of amides is 2. The number of benzene rings is 2. The Balaban J connectivity index is 1.44. The standard InChI is InChI=1S/C22H20N2O6S/c1-14-23-17(13-31-14)11-29-19-9-5-16(6-10-19)22(27)30-12-20(25)24-21(26)15-3-7-18(28-2)8-4-15/h3-10,13H,11-12H2,1-2H3,(H,24,25,26). The van der Waals surface area contributed by atoms with Crippen molar-refractivity contribution in [2.75, 3.05) is 13.7 Å². The fraction of sp³-hybridized carbons (Fsp3) is 0.182. The first-order valence-corrected chi connectivity index (χ1v) is 10.1. The van der Waals surface area contributed by atoms with Crippen molar-refractivity contribution in [1.82, 2.24) is 10.3 Å². The topological polar surface area (TPSA) is 104 Å². The van der Waals surface area contributed by atoms with Crippen molar-refractivity contribution in [3.8, 4) is 11.5 Å². The van der Waals surface area contributed by atoms with Crippen molar-refractivity contribution in [2.24, 2.45) is 0 Å². The zero-order chi connectivity index (χ0) is 22.2. The number of aryl methyl sites for hydroxylation is 1. The van der Waals surface area contributed by atoms with Crippen LogP contribution in [0.5, 0.6) is 11.5 Å². The van der Waals surface area contributed by atoms with Crippen LogP contribution in [0, 0.1) is 6.92 Å². The Hall–Kier alpha value is -3.72. The molecule has 0 atom stereocenters.